The quantitative estimate of drug-likeness (QED) is 0.792. The number of hydrogen-bond donors (Lipinski definition) is 2. The highest BCUT2D eigenvalue weighted by atomic mass is 16.3. The van der Waals surface area contributed by atoms with Crippen molar-refractivity contribution in [2.75, 3.05) is 0 Å². The van der Waals surface area contributed by atoms with E-state index >= 15 is 0 Å². The maximum absolute atomic E-state index is 9.75. The molecular weight excluding hydrogens is 190 g/mol. The van der Waals surface area contributed by atoms with E-state index < -0.39 is 5.60 Å². The summed E-state index contributed by atoms with van der Waals surface area (Å²) in [5.74, 6) is 0.222. The summed E-state index contributed by atoms with van der Waals surface area (Å²) in [6, 6.07) is 3.73. The molecule has 0 aromatic carbocycles. The van der Waals surface area contributed by atoms with Gasteiger partial charge in [0.2, 0.25) is 0 Å². The van der Waals surface area contributed by atoms with E-state index in [1.807, 2.05) is 6.07 Å². The van der Waals surface area contributed by atoms with Crippen molar-refractivity contribution >= 4 is 0 Å². The molecule has 0 aliphatic rings. The first kappa shape index (κ1) is 11.7. The minimum absolute atomic E-state index is 0.222. The lowest BCUT2D eigenvalue weighted by Crippen LogP contribution is -2.22. The zero-order valence-electron chi connectivity index (χ0n) is 9.41. The van der Waals surface area contributed by atoms with Crippen molar-refractivity contribution in [2.45, 2.75) is 45.1 Å². The van der Waals surface area contributed by atoms with Crippen LogP contribution >= 0.6 is 0 Å². The maximum atomic E-state index is 9.75. The first-order valence-corrected chi connectivity index (χ1v) is 5.14. The SMILES string of the molecule is CCC(CC(C)(C)O)c1cc(C#N)n[nH]1. The van der Waals surface area contributed by atoms with Crippen molar-refractivity contribution in [1.29, 1.82) is 5.26 Å². The molecular formula is C11H17N3O. The molecule has 1 unspecified atom stereocenters. The Morgan fingerprint density at radius 3 is 2.73 bits per heavy atom. The highest BCUT2D eigenvalue weighted by Crippen LogP contribution is 2.27. The van der Waals surface area contributed by atoms with Crippen LogP contribution in [0.1, 0.15) is 50.9 Å². The number of aliphatic hydroxyl groups is 1. The van der Waals surface area contributed by atoms with Crippen molar-refractivity contribution in [3.8, 4) is 6.07 Å². The third kappa shape index (κ3) is 3.37. The number of aromatic amines is 1. The summed E-state index contributed by atoms with van der Waals surface area (Å²) in [4.78, 5) is 0. The highest BCUT2D eigenvalue weighted by molar-refractivity contribution is 5.23. The van der Waals surface area contributed by atoms with Gasteiger partial charge in [-0.2, -0.15) is 10.4 Å². The summed E-state index contributed by atoms with van der Waals surface area (Å²) in [7, 11) is 0. The number of nitrogens with one attached hydrogen (secondary N) is 1. The summed E-state index contributed by atoms with van der Waals surface area (Å²) in [5, 5.41) is 25.1. The molecule has 4 heteroatoms. The van der Waals surface area contributed by atoms with E-state index in [0.29, 0.717) is 12.1 Å². The second-order valence-corrected chi connectivity index (χ2v) is 4.44. The molecule has 1 heterocycles. The van der Waals surface area contributed by atoms with Gasteiger partial charge in [0, 0.05) is 11.6 Å². The second-order valence-electron chi connectivity index (χ2n) is 4.44. The van der Waals surface area contributed by atoms with Gasteiger partial charge in [0.15, 0.2) is 5.69 Å². The molecule has 1 rings (SSSR count). The van der Waals surface area contributed by atoms with E-state index in [9.17, 15) is 5.11 Å². The minimum atomic E-state index is -0.696. The van der Waals surface area contributed by atoms with Crippen molar-refractivity contribution in [3.63, 3.8) is 0 Å². The van der Waals surface area contributed by atoms with Gasteiger partial charge in [0.05, 0.1) is 5.60 Å². The van der Waals surface area contributed by atoms with Gasteiger partial charge in [-0.25, -0.2) is 0 Å². The van der Waals surface area contributed by atoms with Crippen LogP contribution < -0.4 is 0 Å². The summed E-state index contributed by atoms with van der Waals surface area (Å²) in [5.41, 5.74) is 0.633. The molecule has 0 aliphatic heterocycles. The molecule has 82 valence electrons. The van der Waals surface area contributed by atoms with Crippen LogP contribution in [0, 0.1) is 11.3 Å². The van der Waals surface area contributed by atoms with Crippen LogP contribution in [0.15, 0.2) is 6.07 Å². The summed E-state index contributed by atoms with van der Waals surface area (Å²) in [6.07, 6.45) is 1.58. The van der Waals surface area contributed by atoms with E-state index in [4.69, 9.17) is 5.26 Å². The number of rotatable bonds is 4. The molecule has 0 spiro atoms. The molecule has 0 bridgehead atoms. The molecule has 0 aliphatic carbocycles. The number of nitriles is 1. The fourth-order valence-corrected chi connectivity index (χ4v) is 1.68. The lowest BCUT2D eigenvalue weighted by atomic mass is 9.89. The molecule has 1 atom stereocenters. The molecule has 4 nitrogen and oxygen atoms in total. The van der Waals surface area contributed by atoms with Crippen LogP contribution in [0.3, 0.4) is 0 Å². The topological polar surface area (TPSA) is 72.7 Å². The van der Waals surface area contributed by atoms with Gasteiger partial charge < -0.3 is 5.11 Å². The van der Waals surface area contributed by atoms with Crippen LogP contribution in [-0.4, -0.2) is 20.9 Å². The average molecular weight is 207 g/mol. The molecule has 0 radical (unpaired) electrons. The fourth-order valence-electron chi connectivity index (χ4n) is 1.68. The Morgan fingerprint density at radius 2 is 2.33 bits per heavy atom. The number of nitrogens with zero attached hydrogens (tertiary/aromatic N) is 2. The molecule has 0 saturated carbocycles. The standard InChI is InChI=1S/C11H17N3O/c1-4-8(6-11(2,3)15)10-5-9(7-12)13-14-10/h5,8,15H,4,6H2,1-3H3,(H,13,14). The third-order valence-electron chi connectivity index (χ3n) is 2.39. The summed E-state index contributed by atoms with van der Waals surface area (Å²) >= 11 is 0. The van der Waals surface area contributed by atoms with Crippen LogP contribution in [0.4, 0.5) is 0 Å². The first-order valence-electron chi connectivity index (χ1n) is 5.14. The zero-order valence-corrected chi connectivity index (χ0v) is 9.41. The second kappa shape index (κ2) is 4.45. The molecule has 1 aromatic heterocycles. The van der Waals surface area contributed by atoms with Crippen LogP contribution in [0.25, 0.3) is 0 Å². The summed E-state index contributed by atoms with van der Waals surface area (Å²) in [6.45, 7) is 5.64. The molecule has 15 heavy (non-hydrogen) atoms. The highest BCUT2D eigenvalue weighted by Gasteiger charge is 2.21. The predicted octanol–water partition coefficient (Wildman–Crippen LogP) is 1.94. The van der Waals surface area contributed by atoms with Gasteiger partial charge in [-0.05, 0) is 32.8 Å². The van der Waals surface area contributed by atoms with Gasteiger partial charge in [0.25, 0.3) is 0 Å². The summed E-state index contributed by atoms with van der Waals surface area (Å²) < 4.78 is 0. The van der Waals surface area contributed by atoms with Crippen LogP contribution in [-0.2, 0) is 0 Å². The Balaban J connectivity index is 2.79. The largest absolute Gasteiger partial charge is 0.390 e. The van der Waals surface area contributed by atoms with Crippen LogP contribution in [0.5, 0.6) is 0 Å². The van der Waals surface area contributed by atoms with Crippen molar-refractivity contribution < 1.29 is 5.11 Å². The predicted molar refractivity (Wildman–Crippen MR) is 57.2 cm³/mol. The molecule has 1 aromatic rings. The number of H-pyrrole nitrogens is 1. The Hall–Kier alpha value is -1.34. The van der Waals surface area contributed by atoms with Crippen molar-refractivity contribution in [3.05, 3.63) is 17.5 Å². The maximum Gasteiger partial charge on any atom is 0.162 e. The van der Waals surface area contributed by atoms with E-state index in [2.05, 4.69) is 17.1 Å². The van der Waals surface area contributed by atoms with E-state index in [1.165, 1.54) is 0 Å². The van der Waals surface area contributed by atoms with Gasteiger partial charge >= 0.3 is 0 Å². The number of aromatic nitrogens is 2. The molecule has 2 N–H and O–H groups in total. The first-order chi connectivity index (χ1) is 6.96. The minimum Gasteiger partial charge on any atom is -0.390 e. The molecule has 0 fully saturated rings. The van der Waals surface area contributed by atoms with E-state index in [-0.39, 0.29) is 5.92 Å². The van der Waals surface area contributed by atoms with Gasteiger partial charge in [0.1, 0.15) is 6.07 Å². The van der Waals surface area contributed by atoms with E-state index in [1.54, 1.807) is 19.9 Å². The van der Waals surface area contributed by atoms with Crippen LogP contribution in [0.2, 0.25) is 0 Å². The Bertz CT molecular complexity index is 357. The molecule has 0 saturated heterocycles. The fraction of sp³-hybridized carbons (Fsp3) is 0.636. The average Bonchev–Trinajstić information content (AvgIpc) is 2.60. The lowest BCUT2D eigenvalue weighted by molar-refractivity contribution is 0.0620. The Labute approximate surface area is 89.9 Å². The zero-order chi connectivity index (χ0) is 11.5. The van der Waals surface area contributed by atoms with Gasteiger partial charge in [-0.1, -0.05) is 6.92 Å². The van der Waals surface area contributed by atoms with Crippen molar-refractivity contribution in [1.82, 2.24) is 10.2 Å². The van der Waals surface area contributed by atoms with Crippen molar-refractivity contribution in [2.24, 2.45) is 0 Å². The monoisotopic (exact) mass is 207 g/mol. The smallest absolute Gasteiger partial charge is 0.162 e. The Kier molecular flexibility index (Phi) is 3.48. The lowest BCUT2D eigenvalue weighted by Gasteiger charge is -2.22. The Morgan fingerprint density at radius 1 is 1.67 bits per heavy atom. The van der Waals surface area contributed by atoms with E-state index in [0.717, 1.165) is 12.1 Å². The normalized spacial score (nSPS) is 13.5. The molecule has 0 amide bonds. The van der Waals surface area contributed by atoms with Gasteiger partial charge in [-0.3, -0.25) is 5.10 Å². The third-order valence-corrected chi connectivity index (χ3v) is 2.39. The van der Waals surface area contributed by atoms with Gasteiger partial charge in [-0.15, -0.1) is 0 Å². The number of hydrogen-bond acceptors (Lipinski definition) is 3.